The fourth-order valence-electron chi connectivity index (χ4n) is 2.01. The average molecular weight is 570 g/mol. The second-order valence-corrected chi connectivity index (χ2v) is 8.97. The molecule has 0 spiro atoms. The number of rotatable bonds is 7. The Balaban J connectivity index is 0.00000338. The van der Waals surface area contributed by atoms with Gasteiger partial charge in [0.25, 0.3) is 0 Å². The van der Waals surface area contributed by atoms with Crippen LogP contribution in [-0.4, -0.2) is 43.9 Å². The maximum atomic E-state index is 4.57. The monoisotopic (exact) mass is 569 g/mol. The lowest BCUT2D eigenvalue weighted by atomic mass is 10.4. The van der Waals surface area contributed by atoms with Gasteiger partial charge in [0.15, 0.2) is 11.1 Å². The van der Waals surface area contributed by atoms with E-state index in [1.165, 1.54) is 4.90 Å². The van der Waals surface area contributed by atoms with Gasteiger partial charge in [0.2, 0.25) is 0 Å². The van der Waals surface area contributed by atoms with Gasteiger partial charge in [-0.3, -0.25) is 4.99 Å². The van der Waals surface area contributed by atoms with E-state index >= 15 is 0 Å². The first-order chi connectivity index (χ1) is 12.0. The predicted octanol–water partition coefficient (Wildman–Crippen LogP) is 4.44. The van der Waals surface area contributed by atoms with Crippen molar-refractivity contribution in [3.8, 4) is 0 Å². The largest absolute Gasteiger partial charge is 0.355 e. The maximum Gasteiger partial charge on any atom is 0.191 e. The van der Waals surface area contributed by atoms with Crippen molar-refractivity contribution in [1.82, 2.24) is 15.6 Å². The highest BCUT2D eigenvalue weighted by atomic mass is 127. The molecule has 0 aliphatic heterocycles. The minimum Gasteiger partial charge on any atom is -0.355 e. The Hall–Kier alpha value is -0.520. The number of aliphatic imine (C=N–C) groups is 1. The topological polar surface area (TPSA) is 52.6 Å². The van der Waals surface area contributed by atoms with E-state index in [2.05, 4.69) is 73.1 Å². The van der Waals surface area contributed by atoms with Crippen LogP contribution in [0, 0.1) is 0 Å². The molecule has 1 unspecified atom stereocenters. The molecule has 0 fully saturated rings. The van der Waals surface area contributed by atoms with Gasteiger partial charge in [-0.2, -0.15) is 0 Å². The summed E-state index contributed by atoms with van der Waals surface area (Å²) >= 11 is 6.95. The van der Waals surface area contributed by atoms with Crippen LogP contribution in [-0.2, 0) is 6.54 Å². The quantitative estimate of drug-likeness (QED) is 0.223. The highest BCUT2D eigenvalue weighted by molar-refractivity contribution is 14.0. The number of thioether (sulfide) groups is 1. The minimum absolute atomic E-state index is 0. The number of hydrogen-bond donors (Lipinski definition) is 2. The number of nitrogens with one attached hydrogen (secondary N) is 2. The zero-order valence-corrected chi connectivity index (χ0v) is 20.9. The molecule has 2 rings (SSSR count). The van der Waals surface area contributed by atoms with Crippen LogP contribution in [0.15, 0.2) is 44.0 Å². The van der Waals surface area contributed by atoms with Crippen LogP contribution in [0.4, 0.5) is 5.13 Å². The molecule has 144 valence electrons. The van der Waals surface area contributed by atoms with Gasteiger partial charge in [0.05, 0.1) is 12.2 Å². The molecular weight excluding hydrogens is 545 g/mol. The number of hydrogen-bond acceptors (Lipinski definition) is 5. The Morgan fingerprint density at radius 3 is 2.58 bits per heavy atom. The van der Waals surface area contributed by atoms with Crippen molar-refractivity contribution in [1.29, 1.82) is 0 Å². The molecule has 2 aromatic rings. The Labute approximate surface area is 189 Å². The van der Waals surface area contributed by atoms with Crippen LogP contribution < -0.4 is 15.5 Å². The number of anilines is 1. The summed E-state index contributed by atoms with van der Waals surface area (Å²) in [5.41, 5.74) is 1.02. The molecule has 0 aliphatic carbocycles. The van der Waals surface area contributed by atoms with Crippen molar-refractivity contribution in [2.75, 3.05) is 32.6 Å². The first kappa shape index (κ1) is 23.5. The molecule has 0 aliphatic rings. The van der Waals surface area contributed by atoms with Crippen LogP contribution in [0.2, 0.25) is 0 Å². The van der Waals surface area contributed by atoms with Crippen LogP contribution >= 0.6 is 63.0 Å². The van der Waals surface area contributed by atoms with E-state index in [1.807, 2.05) is 30.8 Å². The third-order valence-electron chi connectivity index (χ3n) is 3.29. The average Bonchev–Trinajstić information content (AvgIpc) is 3.06. The number of benzene rings is 1. The molecule has 1 aromatic heterocycles. The highest BCUT2D eigenvalue weighted by Gasteiger charge is 2.08. The van der Waals surface area contributed by atoms with E-state index in [9.17, 15) is 0 Å². The lowest BCUT2D eigenvalue weighted by Gasteiger charge is -2.15. The zero-order valence-electron chi connectivity index (χ0n) is 15.3. The number of halogens is 2. The summed E-state index contributed by atoms with van der Waals surface area (Å²) in [7, 11) is 5.79. The highest BCUT2D eigenvalue weighted by Crippen LogP contribution is 2.24. The van der Waals surface area contributed by atoms with Crippen molar-refractivity contribution >= 4 is 74.1 Å². The Morgan fingerprint density at radius 1 is 1.31 bits per heavy atom. The molecule has 0 radical (unpaired) electrons. The van der Waals surface area contributed by atoms with Crippen LogP contribution in [0.5, 0.6) is 0 Å². The summed E-state index contributed by atoms with van der Waals surface area (Å²) < 4.78 is 1.10. The van der Waals surface area contributed by atoms with E-state index in [0.717, 1.165) is 27.8 Å². The molecule has 0 saturated heterocycles. The summed E-state index contributed by atoms with van der Waals surface area (Å²) in [6, 6.07) is 8.39. The van der Waals surface area contributed by atoms with Gasteiger partial charge < -0.3 is 15.5 Å². The third kappa shape index (κ3) is 8.01. The number of guanidine groups is 1. The van der Waals surface area contributed by atoms with Crippen molar-refractivity contribution < 1.29 is 0 Å². The molecule has 26 heavy (non-hydrogen) atoms. The summed E-state index contributed by atoms with van der Waals surface area (Å²) in [6.07, 6.45) is 0. The molecular formula is C17H25BrIN5S2. The molecule has 0 saturated carbocycles. The Morgan fingerprint density at radius 2 is 2.00 bits per heavy atom. The van der Waals surface area contributed by atoms with Crippen LogP contribution in [0.3, 0.4) is 0 Å². The van der Waals surface area contributed by atoms with E-state index < -0.39 is 0 Å². The number of nitrogens with zero attached hydrogens (tertiary/aromatic N) is 3. The molecule has 2 N–H and O–H groups in total. The second kappa shape index (κ2) is 12.0. The van der Waals surface area contributed by atoms with Gasteiger partial charge in [0, 0.05) is 47.7 Å². The Bertz CT molecular complexity index is 691. The van der Waals surface area contributed by atoms with Gasteiger partial charge in [-0.05, 0) is 24.3 Å². The fraction of sp³-hybridized carbons (Fsp3) is 0.412. The molecule has 0 amide bonds. The zero-order chi connectivity index (χ0) is 18.2. The predicted molar refractivity (Wildman–Crippen MR) is 130 cm³/mol. The first-order valence-electron chi connectivity index (χ1n) is 7.96. The molecule has 0 bridgehead atoms. The lowest BCUT2D eigenvalue weighted by Crippen LogP contribution is -2.39. The van der Waals surface area contributed by atoms with Crippen LogP contribution in [0.25, 0.3) is 0 Å². The van der Waals surface area contributed by atoms with Crippen molar-refractivity contribution in [3.05, 3.63) is 39.8 Å². The second-order valence-electron chi connectivity index (χ2n) is 5.70. The molecule has 9 heteroatoms. The lowest BCUT2D eigenvalue weighted by molar-refractivity contribution is 0.782. The molecule has 1 atom stereocenters. The van der Waals surface area contributed by atoms with Crippen molar-refractivity contribution in [2.45, 2.75) is 23.6 Å². The number of aromatic nitrogens is 1. The third-order valence-corrected chi connectivity index (χ3v) is 5.99. The van der Waals surface area contributed by atoms with Gasteiger partial charge in [0.1, 0.15) is 0 Å². The van der Waals surface area contributed by atoms with Gasteiger partial charge in [-0.25, -0.2) is 4.98 Å². The smallest absolute Gasteiger partial charge is 0.191 e. The molecule has 1 heterocycles. The van der Waals surface area contributed by atoms with E-state index in [0.29, 0.717) is 11.8 Å². The minimum atomic E-state index is 0. The van der Waals surface area contributed by atoms with E-state index in [1.54, 1.807) is 18.4 Å². The molecule has 1 aromatic carbocycles. The summed E-state index contributed by atoms with van der Waals surface area (Å²) in [5.74, 6) is 0.794. The first-order valence-corrected chi connectivity index (χ1v) is 10.5. The fourth-order valence-corrected chi connectivity index (χ4v) is 3.95. The van der Waals surface area contributed by atoms with Crippen LogP contribution in [0.1, 0.15) is 12.6 Å². The van der Waals surface area contributed by atoms with E-state index in [-0.39, 0.29) is 24.0 Å². The maximum absolute atomic E-state index is 4.57. The van der Waals surface area contributed by atoms with Gasteiger partial charge >= 0.3 is 0 Å². The van der Waals surface area contributed by atoms with Gasteiger partial charge in [-0.15, -0.1) is 47.1 Å². The van der Waals surface area contributed by atoms with Crippen molar-refractivity contribution in [2.24, 2.45) is 4.99 Å². The van der Waals surface area contributed by atoms with E-state index in [4.69, 9.17) is 0 Å². The standard InChI is InChI=1S/C17H24BrN5S2.HI/c1-12(25-15-7-5-13(18)6-8-15)9-20-16(19-2)21-10-14-11-24-17(22-14)23(3)4;/h5-8,11-12H,9-10H2,1-4H3,(H2,19,20,21);1H. The number of thiazole rings is 1. The Kier molecular flexibility index (Phi) is 10.9. The summed E-state index contributed by atoms with van der Waals surface area (Å²) in [4.78, 5) is 12.1. The van der Waals surface area contributed by atoms with Gasteiger partial charge in [-0.1, -0.05) is 22.9 Å². The summed E-state index contributed by atoms with van der Waals surface area (Å²) in [5, 5.41) is 10.2. The normalized spacial score (nSPS) is 12.3. The van der Waals surface area contributed by atoms with Crippen molar-refractivity contribution in [3.63, 3.8) is 0 Å². The molecule has 5 nitrogen and oxygen atoms in total. The SMILES string of the molecule is CN=C(NCc1csc(N(C)C)n1)NCC(C)Sc1ccc(Br)cc1.I. The summed E-state index contributed by atoms with van der Waals surface area (Å²) in [6.45, 7) is 3.70.